The Morgan fingerprint density at radius 2 is 1.20 bits per heavy atom. The smallest absolute Gasteiger partial charge is 0.332 e. The Kier molecular flexibility index (Phi) is 11.3. The molecule has 2 aromatic rings. The number of benzene rings is 2. The quantitative estimate of drug-likeness (QED) is 0.130. The molecular weight excluding hydrogens is 560 g/mol. The molecule has 44 heavy (non-hydrogen) atoms. The zero-order chi connectivity index (χ0) is 30.9. The standard InChI is InChI=1S/C36H44O8/c1-4-35(37)43-22-40-27-9-6-25(7-10-27)18-26-8-16-31-32-17-15-30(20-34(32)24(3)33(31)19-26)42-21-39-28-11-13-29(14-12-28)41-23-44-36(38)5-2/h4-5,8,15-17,19-20,24-25,27-29H,1-2,6-7,9-14,18,21-23H2,3H3. The third kappa shape index (κ3) is 8.37. The molecule has 2 saturated carbocycles. The van der Waals surface area contributed by atoms with Crippen LogP contribution in [0.5, 0.6) is 5.75 Å². The van der Waals surface area contributed by atoms with E-state index in [1.165, 1.54) is 27.8 Å². The van der Waals surface area contributed by atoms with Crippen molar-refractivity contribution in [2.45, 2.75) is 88.9 Å². The molecule has 0 aliphatic heterocycles. The van der Waals surface area contributed by atoms with Crippen LogP contribution >= 0.6 is 0 Å². The molecule has 2 aromatic carbocycles. The van der Waals surface area contributed by atoms with Crippen LogP contribution in [0.15, 0.2) is 61.7 Å². The summed E-state index contributed by atoms with van der Waals surface area (Å²) in [5, 5.41) is 0. The number of fused-ring (bicyclic) bond motifs is 3. The third-order valence-corrected chi connectivity index (χ3v) is 9.17. The summed E-state index contributed by atoms with van der Waals surface area (Å²) < 4.78 is 33.3. The number of carbonyl (C=O) groups excluding carboxylic acids is 2. The van der Waals surface area contributed by atoms with Crippen LogP contribution in [-0.2, 0) is 39.7 Å². The minimum Gasteiger partial charge on any atom is -0.468 e. The van der Waals surface area contributed by atoms with Crippen molar-refractivity contribution in [1.82, 2.24) is 0 Å². The molecule has 1 atom stereocenters. The third-order valence-electron chi connectivity index (χ3n) is 9.17. The summed E-state index contributed by atoms with van der Waals surface area (Å²) in [7, 11) is 0. The second kappa shape index (κ2) is 15.5. The normalized spacial score (nSPS) is 24.1. The summed E-state index contributed by atoms with van der Waals surface area (Å²) in [6.07, 6.45) is 11.4. The molecule has 0 heterocycles. The minimum absolute atomic E-state index is 0.000814. The molecule has 0 saturated heterocycles. The number of ether oxygens (including phenoxy) is 6. The molecule has 8 nitrogen and oxygen atoms in total. The Hall–Kier alpha value is -3.46. The molecular formula is C36H44O8. The summed E-state index contributed by atoms with van der Waals surface area (Å²) in [6, 6.07) is 13.3. The first kappa shape index (κ1) is 31.9. The Morgan fingerprint density at radius 1 is 0.705 bits per heavy atom. The average Bonchev–Trinajstić information content (AvgIpc) is 3.32. The molecule has 3 aliphatic rings. The Balaban J connectivity index is 1.05. The van der Waals surface area contributed by atoms with Gasteiger partial charge < -0.3 is 28.4 Å². The van der Waals surface area contributed by atoms with Gasteiger partial charge in [0.25, 0.3) is 0 Å². The van der Waals surface area contributed by atoms with Crippen LogP contribution in [0.4, 0.5) is 0 Å². The van der Waals surface area contributed by atoms with E-state index in [-0.39, 0.29) is 38.7 Å². The summed E-state index contributed by atoms with van der Waals surface area (Å²) in [5.41, 5.74) is 6.64. The lowest BCUT2D eigenvalue weighted by Gasteiger charge is -2.28. The van der Waals surface area contributed by atoms with Gasteiger partial charge in [-0.2, -0.15) is 0 Å². The van der Waals surface area contributed by atoms with Gasteiger partial charge >= 0.3 is 11.9 Å². The first-order chi connectivity index (χ1) is 21.4. The lowest BCUT2D eigenvalue weighted by atomic mass is 9.83. The van der Waals surface area contributed by atoms with Crippen molar-refractivity contribution in [2.24, 2.45) is 5.92 Å². The van der Waals surface area contributed by atoms with Gasteiger partial charge in [0.15, 0.2) is 20.4 Å². The summed E-state index contributed by atoms with van der Waals surface area (Å²) in [4.78, 5) is 22.3. The van der Waals surface area contributed by atoms with Gasteiger partial charge in [-0.3, -0.25) is 0 Å². The van der Waals surface area contributed by atoms with E-state index in [4.69, 9.17) is 28.4 Å². The molecule has 1 unspecified atom stereocenters. The first-order valence-electron chi connectivity index (χ1n) is 15.8. The van der Waals surface area contributed by atoms with Crippen LogP contribution in [0.25, 0.3) is 11.1 Å². The number of hydrogen-bond donors (Lipinski definition) is 0. The molecule has 0 bridgehead atoms. The highest BCUT2D eigenvalue weighted by atomic mass is 16.7. The molecule has 8 heteroatoms. The van der Waals surface area contributed by atoms with Gasteiger partial charge in [-0.25, -0.2) is 9.59 Å². The maximum Gasteiger partial charge on any atom is 0.332 e. The van der Waals surface area contributed by atoms with Gasteiger partial charge in [-0.1, -0.05) is 44.3 Å². The Labute approximate surface area is 260 Å². The monoisotopic (exact) mass is 604 g/mol. The van der Waals surface area contributed by atoms with E-state index < -0.39 is 11.9 Å². The van der Waals surface area contributed by atoms with Gasteiger partial charge in [-0.05, 0) is 104 Å². The zero-order valence-corrected chi connectivity index (χ0v) is 25.7. The topological polar surface area (TPSA) is 89.5 Å². The number of hydrogen-bond acceptors (Lipinski definition) is 8. The van der Waals surface area contributed by atoms with Crippen molar-refractivity contribution in [3.05, 3.63) is 78.4 Å². The molecule has 0 aromatic heterocycles. The van der Waals surface area contributed by atoms with Crippen LogP contribution in [0.1, 0.15) is 80.9 Å². The van der Waals surface area contributed by atoms with Crippen LogP contribution in [-0.4, -0.2) is 50.6 Å². The zero-order valence-electron chi connectivity index (χ0n) is 25.7. The lowest BCUT2D eigenvalue weighted by Crippen LogP contribution is -2.28. The summed E-state index contributed by atoms with van der Waals surface area (Å²) >= 11 is 0. The number of carbonyl (C=O) groups is 2. The van der Waals surface area contributed by atoms with E-state index in [9.17, 15) is 9.59 Å². The van der Waals surface area contributed by atoms with E-state index in [0.29, 0.717) is 11.8 Å². The van der Waals surface area contributed by atoms with Crippen molar-refractivity contribution in [3.8, 4) is 16.9 Å². The van der Waals surface area contributed by atoms with Crippen LogP contribution < -0.4 is 4.74 Å². The van der Waals surface area contributed by atoms with Gasteiger partial charge in [-0.15, -0.1) is 0 Å². The lowest BCUT2D eigenvalue weighted by molar-refractivity contribution is -0.159. The van der Waals surface area contributed by atoms with Crippen LogP contribution in [0.2, 0.25) is 0 Å². The van der Waals surface area contributed by atoms with Gasteiger partial charge in [0.2, 0.25) is 0 Å². The van der Waals surface area contributed by atoms with E-state index in [2.05, 4.69) is 50.4 Å². The fourth-order valence-corrected chi connectivity index (χ4v) is 6.64. The number of esters is 2. The van der Waals surface area contributed by atoms with Gasteiger partial charge in [0.1, 0.15) is 5.75 Å². The van der Waals surface area contributed by atoms with Gasteiger partial charge in [0.05, 0.1) is 18.3 Å². The second-order valence-electron chi connectivity index (χ2n) is 12.0. The average molecular weight is 605 g/mol. The van der Waals surface area contributed by atoms with Crippen molar-refractivity contribution >= 4 is 11.9 Å². The predicted octanol–water partition coefficient (Wildman–Crippen LogP) is 6.99. The molecule has 236 valence electrons. The van der Waals surface area contributed by atoms with Crippen molar-refractivity contribution in [1.29, 1.82) is 0 Å². The molecule has 0 N–H and O–H groups in total. The highest BCUT2D eigenvalue weighted by Crippen LogP contribution is 2.46. The fourth-order valence-electron chi connectivity index (χ4n) is 6.64. The summed E-state index contributed by atoms with van der Waals surface area (Å²) in [6.45, 7) is 9.23. The molecule has 3 aliphatic carbocycles. The first-order valence-corrected chi connectivity index (χ1v) is 15.8. The van der Waals surface area contributed by atoms with Gasteiger partial charge in [0, 0.05) is 18.1 Å². The molecule has 0 radical (unpaired) electrons. The van der Waals surface area contributed by atoms with Crippen LogP contribution in [0, 0.1) is 5.92 Å². The van der Waals surface area contributed by atoms with E-state index in [1.54, 1.807) is 0 Å². The Bertz CT molecular complexity index is 1300. The molecule has 0 spiro atoms. The predicted molar refractivity (Wildman–Crippen MR) is 166 cm³/mol. The van der Waals surface area contributed by atoms with E-state index >= 15 is 0 Å². The number of rotatable bonds is 14. The molecule has 2 fully saturated rings. The largest absolute Gasteiger partial charge is 0.468 e. The van der Waals surface area contributed by atoms with E-state index in [1.807, 2.05) is 6.07 Å². The minimum atomic E-state index is -0.474. The Morgan fingerprint density at radius 3 is 1.77 bits per heavy atom. The van der Waals surface area contributed by atoms with Crippen molar-refractivity contribution < 1.29 is 38.0 Å². The molecule has 0 amide bonds. The van der Waals surface area contributed by atoms with Crippen molar-refractivity contribution in [3.63, 3.8) is 0 Å². The highest BCUT2D eigenvalue weighted by Gasteiger charge is 2.28. The maximum atomic E-state index is 11.2. The molecule has 5 rings (SSSR count). The summed E-state index contributed by atoms with van der Waals surface area (Å²) in [5.74, 6) is 0.829. The maximum absolute atomic E-state index is 11.2. The van der Waals surface area contributed by atoms with E-state index in [0.717, 1.165) is 75.7 Å². The fraction of sp³-hybridized carbons (Fsp3) is 0.500. The highest BCUT2D eigenvalue weighted by molar-refractivity contribution is 5.81. The SMILES string of the molecule is C=CC(=O)OCOC1CCC(Cc2ccc3c(c2)C(C)c2cc(OCOC4CCC(OCOC(=O)C=C)CC4)ccc2-3)CC1. The van der Waals surface area contributed by atoms with Crippen molar-refractivity contribution in [2.75, 3.05) is 20.4 Å². The van der Waals surface area contributed by atoms with Crippen LogP contribution in [0.3, 0.4) is 0 Å². The second-order valence-corrected chi connectivity index (χ2v) is 12.0.